The van der Waals surface area contributed by atoms with Crippen LogP contribution in [0.25, 0.3) is 11.0 Å². The Morgan fingerprint density at radius 1 is 1.17 bits per heavy atom. The zero-order valence-corrected chi connectivity index (χ0v) is 14.9. The van der Waals surface area contributed by atoms with Crippen LogP contribution in [0.1, 0.15) is 49.3 Å². The highest BCUT2D eigenvalue weighted by Crippen LogP contribution is 2.49. The predicted molar refractivity (Wildman–Crippen MR) is 97.2 cm³/mol. The maximum Gasteiger partial charge on any atom is 0.336 e. The second-order valence-electron chi connectivity index (χ2n) is 8.03. The van der Waals surface area contributed by atoms with E-state index in [1.54, 1.807) is 6.07 Å². The van der Waals surface area contributed by atoms with E-state index in [-0.39, 0.29) is 5.63 Å². The molecule has 3 heteroatoms. The number of hydrogen-bond acceptors (Lipinski definition) is 3. The minimum atomic E-state index is -0.255. The molecular formula is C21H27NO2. The second kappa shape index (κ2) is 6.03. The molecule has 0 aliphatic heterocycles. The van der Waals surface area contributed by atoms with E-state index in [1.165, 1.54) is 31.2 Å². The SMILES string of the molecule is Cc1cc2oc(=O)cc(CN[C@@H](C)[C@@H]3C[C@H]4CC[C@H]3C4)c2cc1C. The van der Waals surface area contributed by atoms with Crippen LogP contribution >= 0.6 is 0 Å². The Balaban J connectivity index is 1.56. The maximum absolute atomic E-state index is 11.9. The van der Waals surface area contributed by atoms with Crippen molar-refractivity contribution in [2.24, 2.45) is 17.8 Å². The summed E-state index contributed by atoms with van der Waals surface area (Å²) in [6, 6.07) is 6.29. The first-order valence-electron chi connectivity index (χ1n) is 9.28. The monoisotopic (exact) mass is 325 g/mol. The minimum Gasteiger partial charge on any atom is -0.423 e. The van der Waals surface area contributed by atoms with Gasteiger partial charge in [-0.15, -0.1) is 0 Å². The van der Waals surface area contributed by atoms with Crippen LogP contribution in [0, 0.1) is 31.6 Å². The first-order chi connectivity index (χ1) is 11.5. The summed E-state index contributed by atoms with van der Waals surface area (Å²) in [5.74, 6) is 2.69. The first kappa shape index (κ1) is 15.9. The van der Waals surface area contributed by atoms with Gasteiger partial charge >= 0.3 is 5.63 Å². The van der Waals surface area contributed by atoms with Crippen LogP contribution in [0.3, 0.4) is 0 Å². The van der Waals surface area contributed by atoms with Crippen molar-refractivity contribution in [2.45, 2.75) is 59.0 Å². The third-order valence-electron chi connectivity index (χ3n) is 6.49. The molecule has 1 N–H and O–H groups in total. The molecule has 1 aromatic carbocycles. The predicted octanol–water partition coefficient (Wildman–Crippen LogP) is 4.32. The van der Waals surface area contributed by atoms with Crippen molar-refractivity contribution in [1.29, 1.82) is 0 Å². The summed E-state index contributed by atoms with van der Waals surface area (Å²) < 4.78 is 5.40. The van der Waals surface area contributed by atoms with Gasteiger partial charge < -0.3 is 9.73 Å². The van der Waals surface area contributed by atoms with Gasteiger partial charge in [0.05, 0.1) is 0 Å². The molecule has 2 aliphatic carbocycles. The van der Waals surface area contributed by atoms with Gasteiger partial charge in [0.1, 0.15) is 5.58 Å². The van der Waals surface area contributed by atoms with Crippen molar-refractivity contribution in [1.82, 2.24) is 5.32 Å². The van der Waals surface area contributed by atoms with Crippen LogP contribution in [0.4, 0.5) is 0 Å². The van der Waals surface area contributed by atoms with Crippen molar-refractivity contribution in [3.63, 3.8) is 0 Å². The van der Waals surface area contributed by atoms with E-state index in [1.807, 2.05) is 6.07 Å². The van der Waals surface area contributed by atoms with Crippen LogP contribution in [0.5, 0.6) is 0 Å². The van der Waals surface area contributed by atoms with Crippen LogP contribution in [-0.2, 0) is 6.54 Å². The van der Waals surface area contributed by atoms with E-state index < -0.39 is 0 Å². The normalized spacial score (nSPS) is 27.0. The second-order valence-corrected chi connectivity index (χ2v) is 8.03. The largest absolute Gasteiger partial charge is 0.423 e. The molecule has 0 unspecified atom stereocenters. The zero-order valence-electron chi connectivity index (χ0n) is 14.9. The third-order valence-corrected chi connectivity index (χ3v) is 6.49. The lowest BCUT2D eigenvalue weighted by Gasteiger charge is -2.28. The topological polar surface area (TPSA) is 42.2 Å². The van der Waals surface area contributed by atoms with E-state index in [2.05, 4.69) is 32.2 Å². The average Bonchev–Trinajstić information content (AvgIpc) is 3.17. The number of rotatable bonds is 4. The van der Waals surface area contributed by atoms with Crippen molar-refractivity contribution >= 4 is 11.0 Å². The Labute approximate surface area is 143 Å². The zero-order chi connectivity index (χ0) is 16.8. The number of hydrogen-bond donors (Lipinski definition) is 1. The quantitative estimate of drug-likeness (QED) is 0.851. The van der Waals surface area contributed by atoms with Gasteiger partial charge in [-0.2, -0.15) is 0 Å². The molecule has 1 heterocycles. The average molecular weight is 325 g/mol. The molecule has 2 bridgehead atoms. The van der Waals surface area contributed by atoms with E-state index in [4.69, 9.17) is 4.42 Å². The Hall–Kier alpha value is -1.61. The van der Waals surface area contributed by atoms with Crippen LogP contribution in [0.2, 0.25) is 0 Å². The fourth-order valence-electron chi connectivity index (χ4n) is 4.96. The Morgan fingerprint density at radius 2 is 1.96 bits per heavy atom. The molecule has 128 valence electrons. The molecular weight excluding hydrogens is 298 g/mol. The summed E-state index contributed by atoms with van der Waals surface area (Å²) >= 11 is 0. The molecule has 24 heavy (non-hydrogen) atoms. The van der Waals surface area contributed by atoms with E-state index in [0.717, 1.165) is 40.8 Å². The Morgan fingerprint density at radius 3 is 2.67 bits per heavy atom. The Bertz CT molecular complexity index is 822. The van der Waals surface area contributed by atoms with Gasteiger partial charge in [-0.3, -0.25) is 0 Å². The van der Waals surface area contributed by atoms with E-state index in [0.29, 0.717) is 11.6 Å². The van der Waals surface area contributed by atoms with Gasteiger partial charge in [0.25, 0.3) is 0 Å². The molecule has 2 aliphatic rings. The van der Waals surface area contributed by atoms with Gasteiger partial charge in [0.2, 0.25) is 0 Å². The molecule has 4 atom stereocenters. The van der Waals surface area contributed by atoms with Gasteiger partial charge in [0, 0.05) is 24.0 Å². The third kappa shape index (κ3) is 2.79. The van der Waals surface area contributed by atoms with Gasteiger partial charge in [-0.1, -0.05) is 6.42 Å². The summed E-state index contributed by atoms with van der Waals surface area (Å²) in [6.07, 6.45) is 5.68. The molecule has 2 aromatic rings. The summed E-state index contributed by atoms with van der Waals surface area (Å²) in [7, 11) is 0. The summed E-state index contributed by atoms with van der Waals surface area (Å²) in [5.41, 5.74) is 3.90. The van der Waals surface area contributed by atoms with Gasteiger partial charge in [-0.05, 0) is 86.6 Å². The molecule has 1 aromatic heterocycles. The molecule has 0 saturated heterocycles. The molecule has 2 saturated carbocycles. The maximum atomic E-state index is 11.9. The highest BCUT2D eigenvalue weighted by atomic mass is 16.4. The van der Waals surface area contributed by atoms with Crippen molar-refractivity contribution in [3.8, 4) is 0 Å². The van der Waals surface area contributed by atoms with E-state index >= 15 is 0 Å². The highest BCUT2D eigenvalue weighted by molar-refractivity contribution is 5.81. The van der Waals surface area contributed by atoms with Crippen molar-refractivity contribution in [2.75, 3.05) is 0 Å². The van der Waals surface area contributed by atoms with Crippen molar-refractivity contribution < 1.29 is 4.42 Å². The number of benzene rings is 1. The lowest BCUT2D eigenvalue weighted by molar-refractivity contribution is 0.259. The van der Waals surface area contributed by atoms with Crippen molar-refractivity contribution in [3.05, 3.63) is 45.3 Å². The van der Waals surface area contributed by atoms with E-state index in [9.17, 15) is 4.79 Å². The minimum absolute atomic E-state index is 0.255. The first-order valence-corrected chi connectivity index (χ1v) is 9.28. The van der Waals surface area contributed by atoms with Crippen LogP contribution < -0.4 is 10.9 Å². The lowest BCUT2D eigenvalue weighted by atomic mass is 9.84. The number of fused-ring (bicyclic) bond motifs is 3. The smallest absolute Gasteiger partial charge is 0.336 e. The Kier molecular flexibility index (Phi) is 4.00. The molecule has 4 rings (SSSR count). The molecule has 0 amide bonds. The molecule has 0 spiro atoms. The standard InChI is InChI=1S/C21H27NO2/c1-12-6-19-17(10-21(23)24-20(19)7-13(12)2)11-22-14(3)18-9-15-4-5-16(18)8-15/h6-7,10,14-16,18,22H,4-5,8-9,11H2,1-3H3/t14-,15-,16-,18-/m0/s1. The van der Waals surface area contributed by atoms with Crippen LogP contribution in [0.15, 0.2) is 27.4 Å². The fourth-order valence-corrected chi connectivity index (χ4v) is 4.96. The molecule has 0 radical (unpaired) electrons. The summed E-state index contributed by atoms with van der Waals surface area (Å²) in [5, 5.41) is 4.76. The highest BCUT2D eigenvalue weighted by Gasteiger charge is 2.41. The number of nitrogens with one attached hydrogen (secondary N) is 1. The van der Waals surface area contributed by atoms with Crippen LogP contribution in [-0.4, -0.2) is 6.04 Å². The molecule has 2 fully saturated rings. The molecule has 3 nitrogen and oxygen atoms in total. The summed E-state index contributed by atoms with van der Waals surface area (Å²) in [6.45, 7) is 7.21. The lowest BCUT2D eigenvalue weighted by Crippen LogP contribution is -2.36. The summed E-state index contributed by atoms with van der Waals surface area (Å²) in [4.78, 5) is 11.9. The van der Waals surface area contributed by atoms with Gasteiger partial charge in [0.15, 0.2) is 0 Å². The fraction of sp³-hybridized carbons (Fsp3) is 0.571. The number of aryl methyl sites for hydroxylation is 2. The van der Waals surface area contributed by atoms with Gasteiger partial charge in [-0.25, -0.2) is 4.79 Å².